The second kappa shape index (κ2) is 6.30. The number of thiocarbonyl (C=S) groups is 1. The zero-order valence-corrected chi connectivity index (χ0v) is 10.7. The summed E-state index contributed by atoms with van der Waals surface area (Å²) in [5.41, 5.74) is 2.05. The first-order valence-corrected chi connectivity index (χ1v) is 6.49. The van der Waals surface area contributed by atoms with Gasteiger partial charge in [0, 0.05) is 11.9 Å². The highest BCUT2D eigenvalue weighted by molar-refractivity contribution is 7.98. The number of benzene rings is 1. The van der Waals surface area contributed by atoms with Gasteiger partial charge in [-0.25, -0.2) is 4.98 Å². The molecule has 2 nitrogen and oxygen atoms in total. The predicted molar refractivity (Wildman–Crippen MR) is 74.9 cm³/mol. The molecular formula is C13H10N2S2. The molecule has 1 aromatic heterocycles. The number of hydrogen-bond acceptors (Lipinski definition) is 4. The van der Waals surface area contributed by atoms with Crippen molar-refractivity contribution in [3.63, 3.8) is 0 Å². The average molecular weight is 258 g/mol. The van der Waals surface area contributed by atoms with Crippen molar-refractivity contribution in [3.05, 3.63) is 54.2 Å². The second-order valence-corrected chi connectivity index (χ2v) is 4.45. The number of nitrogens with zero attached hydrogens (tertiary/aromatic N) is 2. The molecule has 0 saturated carbocycles. The molecular weight excluding hydrogens is 248 g/mol. The largest absolute Gasteiger partial charge is 0.248 e. The Morgan fingerprint density at radius 1 is 1.18 bits per heavy atom. The van der Waals surface area contributed by atoms with Crippen LogP contribution in [-0.2, 0) is 5.75 Å². The van der Waals surface area contributed by atoms with Crippen LogP contribution in [0.25, 0.3) is 0 Å². The van der Waals surface area contributed by atoms with Gasteiger partial charge in [0.1, 0.15) is 10.7 Å². The van der Waals surface area contributed by atoms with Crippen LogP contribution in [0.15, 0.2) is 58.7 Å². The van der Waals surface area contributed by atoms with Crippen LogP contribution in [0.1, 0.15) is 5.56 Å². The van der Waals surface area contributed by atoms with E-state index in [4.69, 9.17) is 0 Å². The third-order valence-corrected chi connectivity index (χ3v) is 3.29. The molecule has 0 unspecified atom stereocenters. The molecule has 0 amide bonds. The van der Waals surface area contributed by atoms with Gasteiger partial charge in [-0.05, 0) is 29.9 Å². The van der Waals surface area contributed by atoms with Gasteiger partial charge >= 0.3 is 0 Å². The number of aromatic nitrogens is 1. The summed E-state index contributed by atoms with van der Waals surface area (Å²) >= 11 is 6.27. The zero-order chi connectivity index (χ0) is 11.9. The van der Waals surface area contributed by atoms with E-state index in [1.807, 2.05) is 30.3 Å². The van der Waals surface area contributed by atoms with E-state index in [0.717, 1.165) is 16.5 Å². The van der Waals surface area contributed by atoms with Crippen LogP contribution in [0.4, 0.5) is 5.69 Å². The van der Waals surface area contributed by atoms with Crippen LogP contribution in [0.2, 0.25) is 0 Å². The number of hydrogen-bond donors (Lipinski definition) is 0. The molecule has 0 radical (unpaired) electrons. The Morgan fingerprint density at radius 3 is 2.76 bits per heavy atom. The third kappa shape index (κ3) is 3.49. The lowest BCUT2D eigenvalue weighted by Crippen LogP contribution is -1.83. The van der Waals surface area contributed by atoms with Crippen molar-refractivity contribution in [2.75, 3.05) is 0 Å². The fourth-order valence-corrected chi connectivity index (χ4v) is 2.34. The number of rotatable bonds is 4. The van der Waals surface area contributed by atoms with Crippen LogP contribution in [-0.4, -0.2) is 10.1 Å². The summed E-state index contributed by atoms with van der Waals surface area (Å²) in [7, 11) is 0. The summed E-state index contributed by atoms with van der Waals surface area (Å²) in [5, 5.41) is 3.26. The van der Waals surface area contributed by atoms with Gasteiger partial charge in [0.15, 0.2) is 0 Å². The smallest absolute Gasteiger partial charge is 0.123 e. The van der Waals surface area contributed by atoms with Crippen molar-refractivity contribution in [1.29, 1.82) is 0 Å². The van der Waals surface area contributed by atoms with Crippen molar-refractivity contribution in [2.45, 2.75) is 10.8 Å². The molecule has 1 aromatic carbocycles. The average Bonchev–Trinajstić information content (AvgIpc) is 2.39. The zero-order valence-electron chi connectivity index (χ0n) is 9.04. The maximum absolute atomic E-state index is 4.62. The molecule has 0 N–H and O–H groups in total. The summed E-state index contributed by atoms with van der Waals surface area (Å²) < 4.78 is 0. The summed E-state index contributed by atoms with van der Waals surface area (Å²) in [6.45, 7) is 0. The van der Waals surface area contributed by atoms with E-state index in [2.05, 4.69) is 39.5 Å². The molecule has 0 aliphatic rings. The fraction of sp³-hybridized carbons (Fsp3) is 0.0769. The summed E-state index contributed by atoms with van der Waals surface area (Å²) in [4.78, 5) is 8.30. The highest BCUT2D eigenvalue weighted by Crippen LogP contribution is 2.29. The van der Waals surface area contributed by atoms with Crippen LogP contribution in [0.5, 0.6) is 0 Å². The van der Waals surface area contributed by atoms with Crippen molar-refractivity contribution < 1.29 is 0 Å². The number of aliphatic imine (C=N–C) groups is 1. The lowest BCUT2D eigenvalue weighted by Gasteiger charge is -2.03. The van der Waals surface area contributed by atoms with E-state index in [9.17, 15) is 0 Å². The van der Waals surface area contributed by atoms with Gasteiger partial charge < -0.3 is 0 Å². The Bertz CT molecular complexity index is 534. The first-order chi connectivity index (χ1) is 8.40. The van der Waals surface area contributed by atoms with E-state index in [0.29, 0.717) is 0 Å². The summed E-state index contributed by atoms with van der Waals surface area (Å²) in [5.74, 6) is 0.873. The van der Waals surface area contributed by atoms with Crippen molar-refractivity contribution >= 4 is 34.8 Å². The van der Waals surface area contributed by atoms with Gasteiger partial charge in [0.05, 0.1) is 5.16 Å². The van der Waals surface area contributed by atoms with Gasteiger partial charge in [-0.2, -0.15) is 4.99 Å². The van der Waals surface area contributed by atoms with Crippen LogP contribution >= 0.6 is 24.0 Å². The normalized spacial score (nSPS) is 9.65. The topological polar surface area (TPSA) is 25.2 Å². The Hall–Kier alpha value is -1.48. The van der Waals surface area contributed by atoms with Crippen molar-refractivity contribution in [3.8, 4) is 0 Å². The Kier molecular flexibility index (Phi) is 4.45. The fourth-order valence-electron chi connectivity index (χ4n) is 1.35. The first kappa shape index (κ1) is 12.0. The third-order valence-electron chi connectivity index (χ3n) is 2.14. The Balaban J connectivity index is 2.11. The highest BCUT2D eigenvalue weighted by Gasteiger charge is 2.02. The van der Waals surface area contributed by atoms with E-state index in [-0.39, 0.29) is 0 Å². The standard InChI is InChI=1S/C13H10N2S2/c16-10-15-12-7-4-8-14-13(12)17-9-11-5-2-1-3-6-11/h1-8H,9H2. The van der Waals surface area contributed by atoms with Gasteiger partial charge in [0.25, 0.3) is 0 Å². The maximum Gasteiger partial charge on any atom is 0.123 e. The minimum atomic E-state index is 0.781. The molecule has 2 rings (SSSR count). The van der Waals surface area contributed by atoms with E-state index >= 15 is 0 Å². The van der Waals surface area contributed by atoms with Crippen LogP contribution < -0.4 is 0 Å². The van der Waals surface area contributed by atoms with E-state index in [1.165, 1.54) is 5.56 Å². The van der Waals surface area contributed by atoms with Crippen molar-refractivity contribution in [2.24, 2.45) is 4.99 Å². The molecule has 4 heteroatoms. The molecule has 0 atom stereocenters. The predicted octanol–water partition coefficient (Wildman–Crippen LogP) is 4.11. The lowest BCUT2D eigenvalue weighted by atomic mass is 10.2. The minimum Gasteiger partial charge on any atom is -0.248 e. The molecule has 17 heavy (non-hydrogen) atoms. The quantitative estimate of drug-likeness (QED) is 0.469. The minimum absolute atomic E-state index is 0.781. The monoisotopic (exact) mass is 258 g/mol. The molecule has 0 fully saturated rings. The van der Waals surface area contributed by atoms with E-state index < -0.39 is 0 Å². The number of isothiocyanates is 1. The van der Waals surface area contributed by atoms with Gasteiger partial charge in [-0.15, -0.1) is 0 Å². The molecule has 2 aromatic rings. The van der Waals surface area contributed by atoms with E-state index in [1.54, 1.807) is 18.0 Å². The highest BCUT2D eigenvalue weighted by atomic mass is 32.2. The van der Waals surface area contributed by atoms with Crippen molar-refractivity contribution in [1.82, 2.24) is 4.98 Å². The van der Waals surface area contributed by atoms with Crippen LogP contribution in [0, 0.1) is 0 Å². The van der Waals surface area contributed by atoms with Gasteiger partial charge in [-0.1, -0.05) is 42.1 Å². The van der Waals surface area contributed by atoms with Crippen LogP contribution in [0.3, 0.4) is 0 Å². The molecule has 0 bridgehead atoms. The molecule has 84 valence electrons. The summed E-state index contributed by atoms with van der Waals surface area (Å²) in [6.07, 6.45) is 1.76. The number of thioether (sulfide) groups is 1. The number of pyridine rings is 1. The molecule has 0 spiro atoms. The lowest BCUT2D eigenvalue weighted by molar-refractivity contribution is 1.12. The SMILES string of the molecule is S=C=Nc1cccnc1SCc1ccccc1. The molecule has 0 saturated heterocycles. The Morgan fingerprint density at radius 2 is 2.00 bits per heavy atom. The summed E-state index contributed by atoms with van der Waals surface area (Å²) in [6, 6.07) is 14.0. The van der Waals surface area contributed by atoms with Gasteiger partial charge in [0.2, 0.25) is 0 Å². The van der Waals surface area contributed by atoms with Gasteiger partial charge in [-0.3, -0.25) is 0 Å². The maximum atomic E-state index is 4.62. The first-order valence-electron chi connectivity index (χ1n) is 5.10. The Labute approximate surface area is 110 Å². The second-order valence-electron chi connectivity index (χ2n) is 3.31. The molecule has 0 aliphatic carbocycles. The molecule has 0 aliphatic heterocycles. The molecule has 1 heterocycles.